The van der Waals surface area contributed by atoms with E-state index in [9.17, 15) is 0 Å². The van der Waals surface area contributed by atoms with Crippen LogP contribution < -0.4 is 10.5 Å². The van der Waals surface area contributed by atoms with Crippen LogP contribution >= 0.6 is 11.5 Å². The van der Waals surface area contributed by atoms with Gasteiger partial charge in [0, 0.05) is 5.16 Å². The number of hydrogen-bond acceptors (Lipinski definition) is 2. The largest absolute Gasteiger partial charge is 0.369 e. The van der Waals surface area contributed by atoms with Crippen molar-refractivity contribution in [3.05, 3.63) is 0 Å². The number of thiol groups is 1. The highest BCUT2D eigenvalue weighted by Gasteiger charge is 1.71. The van der Waals surface area contributed by atoms with E-state index in [1.807, 2.05) is 5.16 Å². The first-order valence-corrected chi connectivity index (χ1v) is 2.38. The molecule has 0 aromatic heterocycles. The fraction of sp³-hybridized carbons (Fsp3) is 0. The quantitative estimate of drug-likeness (QED) is 0.137. The van der Waals surface area contributed by atoms with E-state index in [2.05, 4.69) is 4.72 Å². The number of guanidine groups is 1. The highest BCUT2D eigenvalue weighted by Crippen LogP contribution is 1.63. The molecule has 4 nitrogen and oxygen atoms in total. The summed E-state index contributed by atoms with van der Waals surface area (Å²) in [6, 6.07) is 0. The van der Waals surface area contributed by atoms with Gasteiger partial charge in [-0.2, -0.15) is 0 Å². The molecule has 0 amide bonds. The minimum Gasteiger partial charge on any atom is -0.369 e. The van der Waals surface area contributed by atoms with Crippen LogP contribution in [0.25, 0.3) is 0 Å². The van der Waals surface area contributed by atoms with Crippen molar-refractivity contribution in [2.24, 2.45) is 5.73 Å². The maximum Gasteiger partial charge on any atom is 0.195 e. The number of hydrogen-bond donors (Lipinski definition) is 5. The summed E-state index contributed by atoms with van der Waals surface area (Å²) in [6.45, 7) is 0. The van der Waals surface area contributed by atoms with Gasteiger partial charge in [-0.3, -0.25) is 10.8 Å². The Morgan fingerprint density at radius 2 is 2.43 bits per heavy atom. The lowest BCUT2D eigenvalue weighted by molar-refractivity contribution is 1.33. The SMILES string of the molecule is N=C=[SH]NC(=N)N. The highest BCUT2D eigenvalue weighted by molar-refractivity contribution is 7.95. The Hall–Kier alpha value is -0.800. The molecule has 0 atom stereocenters. The Morgan fingerprint density at radius 3 is 2.57 bits per heavy atom. The molecule has 0 aliphatic carbocycles. The molecule has 0 saturated heterocycles. The zero-order valence-electron chi connectivity index (χ0n) is 3.52. The van der Waals surface area contributed by atoms with E-state index in [1.165, 1.54) is 0 Å². The molecule has 0 unspecified atom stereocenters. The first-order chi connectivity index (χ1) is 3.27. The van der Waals surface area contributed by atoms with E-state index in [0.717, 1.165) is 0 Å². The van der Waals surface area contributed by atoms with Crippen LogP contribution in [0.3, 0.4) is 0 Å². The van der Waals surface area contributed by atoms with Crippen molar-refractivity contribution in [1.82, 2.24) is 4.72 Å². The Bertz CT molecular complexity index is 113. The predicted molar refractivity (Wildman–Crippen MR) is 31.8 cm³/mol. The Kier molecular flexibility index (Phi) is 3.00. The van der Waals surface area contributed by atoms with E-state index < -0.39 is 0 Å². The van der Waals surface area contributed by atoms with E-state index in [4.69, 9.17) is 16.6 Å². The molecule has 5 N–H and O–H groups in total. The van der Waals surface area contributed by atoms with Gasteiger partial charge < -0.3 is 10.5 Å². The van der Waals surface area contributed by atoms with Crippen molar-refractivity contribution in [2.45, 2.75) is 0 Å². The summed E-state index contributed by atoms with van der Waals surface area (Å²) in [4.78, 5) is 0. The van der Waals surface area contributed by atoms with Crippen LogP contribution in [0.15, 0.2) is 0 Å². The number of isothiocyanates is 1. The standard InChI is InChI=1S/C2H6N4S/c3-1-7-6-2(4)5/h3,7H,(H4,4,5,6). The topological polar surface area (TPSA) is 85.8 Å². The molecule has 7 heavy (non-hydrogen) atoms. The first kappa shape index (κ1) is 6.20. The Balaban J connectivity index is 3.32. The summed E-state index contributed by atoms with van der Waals surface area (Å²) in [5, 5.41) is 14.8. The average Bonchev–Trinajstić information content (AvgIpc) is 1.61. The highest BCUT2D eigenvalue weighted by atomic mass is 32.1. The van der Waals surface area contributed by atoms with Crippen LogP contribution in [0.4, 0.5) is 0 Å². The summed E-state index contributed by atoms with van der Waals surface area (Å²) in [7, 11) is 0. The molecule has 0 aliphatic heterocycles. The van der Waals surface area contributed by atoms with Crippen LogP contribution in [-0.4, -0.2) is 11.1 Å². The van der Waals surface area contributed by atoms with Crippen molar-refractivity contribution in [3.63, 3.8) is 0 Å². The number of nitrogens with one attached hydrogen (secondary N) is 3. The average molecular weight is 118 g/mol. The van der Waals surface area contributed by atoms with Gasteiger partial charge in [0.15, 0.2) is 5.96 Å². The smallest absolute Gasteiger partial charge is 0.195 e. The van der Waals surface area contributed by atoms with Gasteiger partial charge in [-0.1, -0.05) is 0 Å². The maximum atomic E-state index is 6.53. The lowest BCUT2D eigenvalue weighted by atomic mass is 11.1. The van der Waals surface area contributed by atoms with Crippen LogP contribution in [-0.2, 0) is 0 Å². The Morgan fingerprint density at radius 1 is 1.86 bits per heavy atom. The second-order valence-corrected chi connectivity index (χ2v) is 1.42. The van der Waals surface area contributed by atoms with Gasteiger partial charge in [-0.05, 0) is 11.5 Å². The normalized spacial score (nSPS) is 6.86. The van der Waals surface area contributed by atoms with Gasteiger partial charge >= 0.3 is 0 Å². The molecule has 0 radical (unpaired) electrons. The van der Waals surface area contributed by atoms with Gasteiger partial charge in [0.25, 0.3) is 0 Å². The van der Waals surface area contributed by atoms with Crippen LogP contribution in [0.5, 0.6) is 0 Å². The molecule has 40 valence electrons. The van der Waals surface area contributed by atoms with Gasteiger partial charge in [-0.25, -0.2) is 0 Å². The lowest BCUT2D eigenvalue weighted by Gasteiger charge is -1.87. The van der Waals surface area contributed by atoms with E-state index in [-0.39, 0.29) is 5.96 Å². The van der Waals surface area contributed by atoms with Gasteiger partial charge in [0.1, 0.15) is 0 Å². The minimum atomic E-state index is -0.138. The molecule has 0 aromatic carbocycles. The summed E-state index contributed by atoms with van der Waals surface area (Å²) in [5.74, 6) is -0.138. The van der Waals surface area contributed by atoms with Crippen molar-refractivity contribution in [2.75, 3.05) is 0 Å². The summed E-state index contributed by atoms with van der Waals surface area (Å²) in [5.41, 5.74) is 4.82. The third-order valence-electron chi connectivity index (χ3n) is 0.232. The van der Waals surface area contributed by atoms with Gasteiger partial charge in [0.05, 0.1) is 0 Å². The van der Waals surface area contributed by atoms with Crippen molar-refractivity contribution in [1.29, 1.82) is 10.8 Å². The molecule has 0 spiro atoms. The first-order valence-electron chi connectivity index (χ1n) is 1.49. The van der Waals surface area contributed by atoms with Crippen LogP contribution in [0.1, 0.15) is 0 Å². The third kappa shape index (κ3) is 5.20. The molecule has 0 rings (SSSR count). The van der Waals surface area contributed by atoms with Crippen molar-refractivity contribution in [3.8, 4) is 0 Å². The number of rotatable bonds is 1. The molecular formula is C2H6N4S. The minimum absolute atomic E-state index is 0.138. The molecule has 0 saturated carbocycles. The fourth-order valence-electron chi connectivity index (χ4n) is 0.0882. The van der Waals surface area contributed by atoms with Crippen LogP contribution in [0, 0.1) is 10.8 Å². The van der Waals surface area contributed by atoms with E-state index >= 15 is 0 Å². The van der Waals surface area contributed by atoms with Crippen molar-refractivity contribution < 1.29 is 0 Å². The molecule has 0 bridgehead atoms. The molecule has 0 heterocycles. The molecule has 5 heteroatoms. The molecule has 0 fully saturated rings. The summed E-state index contributed by atoms with van der Waals surface area (Å²) < 4.78 is 2.33. The number of nitrogens with two attached hydrogens (primary N) is 1. The van der Waals surface area contributed by atoms with Gasteiger partial charge in [0.2, 0.25) is 0 Å². The Labute approximate surface area is 44.8 Å². The zero-order chi connectivity index (χ0) is 5.70. The lowest BCUT2D eigenvalue weighted by Crippen LogP contribution is -2.22. The molecule has 0 aromatic rings. The van der Waals surface area contributed by atoms with Crippen molar-refractivity contribution >= 4 is 22.7 Å². The van der Waals surface area contributed by atoms with E-state index in [0.29, 0.717) is 11.5 Å². The molecule has 0 aliphatic rings. The molecular weight excluding hydrogens is 112 g/mol. The second-order valence-electron chi connectivity index (χ2n) is 0.749. The summed E-state index contributed by atoms with van der Waals surface area (Å²) in [6.07, 6.45) is 0. The fourth-order valence-corrected chi connectivity index (χ4v) is 0.265. The monoisotopic (exact) mass is 118 g/mol. The summed E-state index contributed by atoms with van der Waals surface area (Å²) >= 11 is 0.423. The zero-order valence-corrected chi connectivity index (χ0v) is 4.42. The predicted octanol–water partition coefficient (Wildman–Crippen LogP) is -0.666. The second kappa shape index (κ2) is 3.39. The van der Waals surface area contributed by atoms with E-state index in [1.54, 1.807) is 0 Å². The van der Waals surface area contributed by atoms with Gasteiger partial charge in [-0.15, -0.1) is 0 Å². The van der Waals surface area contributed by atoms with Crippen LogP contribution in [0.2, 0.25) is 0 Å². The maximum absolute atomic E-state index is 6.53. The third-order valence-corrected chi connectivity index (χ3v) is 0.697.